The van der Waals surface area contributed by atoms with E-state index in [9.17, 15) is 0 Å². The van der Waals surface area contributed by atoms with Gasteiger partial charge in [0.2, 0.25) is 0 Å². The van der Waals surface area contributed by atoms with Gasteiger partial charge in [-0.15, -0.1) is 11.3 Å². The van der Waals surface area contributed by atoms with Crippen molar-refractivity contribution in [1.82, 2.24) is 19.6 Å². The minimum atomic E-state index is 0.724. The van der Waals surface area contributed by atoms with Crippen molar-refractivity contribution in [2.45, 2.75) is 38.4 Å². The molecular weight excluding hydrogens is 308 g/mol. The molecule has 1 aliphatic heterocycles. The molecule has 0 spiro atoms. The van der Waals surface area contributed by atoms with Crippen molar-refractivity contribution in [3.63, 3.8) is 0 Å². The third-order valence-corrected chi connectivity index (χ3v) is 5.55. The first-order valence-electron chi connectivity index (χ1n) is 8.13. The van der Waals surface area contributed by atoms with Crippen LogP contribution in [0, 0.1) is 0 Å². The van der Waals surface area contributed by atoms with E-state index in [2.05, 4.69) is 37.1 Å². The molecule has 0 aromatic carbocycles. The normalized spacial score (nSPS) is 18.3. The minimum Gasteiger partial charge on any atom is -0.355 e. The highest BCUT2D eigenvalue weighted by atomic mass is 32.1. The van der Waals surface area contributed by atoms with Crippen LogP contribution in [0.15, 0.2) is 34.4 Å². The number of fused-ring (bicyclic) bond motifs is 1. The molecule has 0 saturated heterocycles. The number of hydrogen-bond donors (Lipinski definition) is 0. The van der Waals surface area contributed by atoms with Crippen molar-refractivity contribution in [2.24, 2.45) is 0 Å². The van der Waals surface area contributed by atoms with Gasteiger partial charge in [0.1, 0.15) is 0 Å². The first-order valence-corrected chi connectivity index (χ1v) is 9.01. The predicted molar refractivity (Wildman–Crippen MR) is 88.1 cm³/mol. The first-order chi connectivity index (χ1) is 11.4. The number of thiophene rings is 1. The van der Waals surface area contributed by atoms with E-state index in [1.165, 1.54) is 24.2 Å². The van der Waals surface area contributed by atoms with Gasteiger partial charge in [0.05, 0.1) is 22.6 Å². The summed E-state index contributed by atoms with van der Waals surface area (Å²) in [5.74, 6) is 0.866. The molecular formula is C17H18N4OS. The minimum absolute atomic E-state index is 0.724. The Labute approximate surface area is 138 Å². The van der Waals surface area contributed by atoms with Gasteiger partial charge in [-0.3, -0.25) is 4.90 Å². The second kappa shape index (κ2) is 5.32. The average Bonchev–Trinajstić information content (AvgIpc) is 2.99. The highest BCUT2D eigenvalue weighted by molar-refractivity contribution is 7.13. The Hall–Kier alpha value is -1.92. The number of hydrogen-bond acceptors (Lipinski definition) is 5. The summed E-state index contributed by atoms with van der Waals surface area (Å²) in [6.45, 7) is 2.80. The fourth-order valence-electron chi connectivity index (χ4n) is 3.34. The fourth-order valence-corrected chi connectivity index (χ4v) is 4.01. The summed E-state index contributed by atoms with van der Waals surface area (Å²) in [4.78, 5) is 8.17. The van der Waals surface area contributed by atoms with Crippen LogP contribution in [0.2, 0.25) is 0 Å². The molecule has 118 valence electrons. The summed E-state index contributed by atoms with van der Waals surface area (Å²) in [6.07, 6.45) is 5.76. The zero-order valence-electron chi connectivity index (χ0n) is 12.8. The summed E-state index contributed by atoms with van der Waals surface area (Å²) >= 11 is 1.68. The maximum atomic E-state index is 5.48. The molecule has 0 bridgehead atoms. The van der Waals surface area contributed by atoms with Crippen LogP contribution in [0.4, 0.5) is 0 Å². The van der Waals surface area contributed by atoms with Crippen molar-refractivity contribution in [3.05, 3.63) is 47.0 Å². The van der Waals surface area contributed by atoms with E-state index in [1.807, 2.05) is 12.4 Å². The average molecular weight is 326 g/mol. The third kappa shape index (κ3) is 2.52. The Balaban J connectivity index is 1.30. The molecule has 1 fully saturated rings. The highest BCUT2D eigenvalue weighted by Crippen LogP contribution is 2.37. The van der Waals surface area contributed by atoms with E-state index < -0.39 is 0 Å². The molecule has 6 heteroatoms. The summed E-state index contributed by atoms with van der Waals surface area (Å²) in [5, 5.41) is 6.29. The molecule has 3 aromatic rings. The molecule has 0 N–H and O–H groups in total. The zero-order valence-corrected chi connectivity index (χ0v) is 13.6. The van der Waals surface area contributed by atoms with Gasteiger partial charge in [0.15, 0.2) is 5.76 Å². The second-order valence-corrected chi connectivity index (χ2v) is 7.34. The number of aromatic nitrogens is 3. The topological polar surface area (TPSA) is 47.1 Å². The van der Waals surface area contributed by atoms with Crippen molar-refractivity contribution in [2.75, 3.05) is 6.54 Å². The summed E-state index contributed by atoms with van der Waals surface area (Å²) < 4.78 is 7.88. The third-order valence-electron chi connectivity index (χ3n) is 4.67. The largest absolute Gasteiger partial charge is 0.355 e. The van der Waals surface area contributed by atoms with Gasteiger partial charge in [-0.05, 0) is 24.3 Å². The first kappa shape index (κ1) is 13.5. The SMILES string of the molecule is c1csc(-c2cc(CN3CCc4c(ncn4C4CC4)C3)no2)c1. The van der Waals surface area contributed by atoms with Crippen molar-refractivity contribution in [1.29, 1.82) is 0 Å². The van der Waals surface area contributed by atoms with Gasteiger partial charge in [-0.1, -0.05) is 11.2 Å². The molecule has 0 radical (unpaired) electrons. The lowest BCUT2D eigenvalue weighted by Gasteiger charge is -2.26. The van der Waals surface area contributed by atoms with Gasteiger partial charge in [0, 0.05) is 43.9 Å². The molecule has 5 rings (SSSR count). The second-order valence-electron chi connectivity index (χ2n) is 6.40. The molecule has 1 saturated carbocycles. The standard InChI is InChI=1S/C17H18N4OS/c1-2-17(23-7-1)16-8-12(19-22-16)9-20-6-5-15-14(10-20)18-11-21(15)13-3-4-13/h1-2,7-8,11,13H,3-6,9-10H2. The van der Waals surface area contributed by atoms with Crippen LogP contribution in [0.1, 0.15) is 36.0 Å². The van der Waals surface area contributed by atoms with Crippen LogP contribution in [-0.2, 0) is 19.5 Å². The van der Waals surface area contributed by atoms with Crippen LogP contribution >= 0.6 is 11.3 Å². The summed E-state index contributed by atoms with van der Waals surface area (Å²) in [6, 6.07) is 6.88. The van der Waals surface area contributed by atoms with E-state index in [1.54, 1.807) is 11.3 Å². The van der Waals surface area contributed by atoms with E-state index in [-0.39, 0.29) is 0 Å². The molecule has 23 heavy (non-hydrogen) atoms. The van der Waals surface area contributed by atoms with Crippen LogP contribution in [0.5, 0.6) is 0 Å². The van der Waals surface area contributed by atoms with Crippen molar-refractivity contribution in [3.8, 4) is 10.6 Å². The molecule has 0 amide bonds. The Morgan fingerprint density at radius 1 is 1.35 bits per heavy atom. The monoisotopic (exact) mass is 326 g/mol. The fraction of sp³-hybridized carbons (Fsp3) is 0.412. The van der Waals surface area contributed by atoms with Crippen LogP contribution < -0.4 is 0 Å². The number of nitrogens with zero attached hydrogens (tertiary/aromatic N) is 4. The molecule has 2 aliphatic rings. The van der Waals surface area contributed by atoms with E-state index in [0.717, 1.165) is 48.4 Å². The van der Waals surface area contributed by atoms with Gasteiger partial charge >= 0.3 is 0 Å². The zero-order chi connectivity index (χ0) is 15.2. The van der Waals surface area contributed by atoms with Crippen LogP contribution in [0.3, 0.4) is 0 Å². The Kier molecular flexibility index (Phi) is 3.12. The Bertz CT molecular complexity index is 816. The molecule has 4 heterocycles. The van der Waals surface area contributed by atoms with Crippen molar-refractivity contribution >= 4 is 11.3 Å². The molecule has 0 atom stereocenters. The molecule has 0 unspecified atom stereocenters. The van der Waals surface area contributed by atoms with Crippen LogP contribution in [0.25, 0.3) is 10.6 Å². The summed E-state index contributed by atoms with van der Waals surface area (Å²) in [7, 11) is 0. The number of imidazole rings is 1. The van der Waals surface area contributed by atoms with Gasteiger partial charge in [-0.25, -0.2) is 4.98 Å². The van der Waals surface area contributed by atoms with E-state index >= 15 is 0 Å². The van der Waals surface area contributed by atoms with Gasteiger partial charge < -0.3 is 9.09 Å². The molecule has 1 aliphatic carbocycles. The maximum absolute atomic E-state index is 5.48. The smallest absolute Gasteiger partial charge is 0.177 e. The quantitative estimate of drug-likeness (QED) is 0.736. The van der Waals surface area contributed by atoms with E-state index in [0.29, 0.717) is 0 Å². The Morgan fingerprint density at radius 3 is 3.13 bits per heavy atom. The lowest BCUT2D eigenvalue weighted by atomic mass is 10.1. The van der Waals surface area contributed by atoms with Crippen LogP contribution in [-0.4, -0.2) is 26.2 Å². The predicted octanol–water partition coefficient (Wildman–Crippen LogP) is 3.49. The van der Waals surface area contributed by atoms with Gasteiger partial charge in [-0.2, -0.15) is 0 Å². The van der Waals surface area contributed by atoms with Crippen molar-refractivity contribution < 1.29 is 4.52 Å². The van der Waals surface area contributed by atoms with Gasteiger partial charge in [0.25, 0.3) is 0 Å². The molecule has 5 nitrogen and oxygen atoms in total. The highest BCUT2D eigenvalue weighted by Gasteiger charge is 2.29. The lowest BCUT2D eigenvalue weighted by molar-refractivity contribution is 0.232. The summed E-state index contributed by atoms with van der Waals surface area (Å²) in [5.41, 5.74) is 3.69. The Morgan fingerprint density at radius 2 is 2.30 bits per heavy atom. The maximum Gasteiger partial charge on any atom is 0.177 e. The number of rotatable bonds is 4. The van der Waals surface area contributed by atoms with E-state index in [4.69, 9.17) is 4.52 Å². The lowest BCUT2D eigenvalue weighted by Crippen LogP contribution is -2.31. The molecule has 3 aromatic heterocycles.